The van der Waals surface area contributed by atoms with Gasteiger partial charge in [0.1, 0.15) is 18.3 Å². The lowest BCUT2D eigenvalue weighted by molar-refractivity contribution is -0.140. The first kappa shape index (κ1) is 31.1. The Labute approximate surface area is 249 Å². The second kappa shape index (κ2) is 13.9. The predicted molar refractivity (Wildman–Crippen MR) is 165 cm³/mol. The molecule has 0 bridgehead atoms. The zero-order valence-corrected chi connectivity index (χ0v) is 25.7. The normalized spacial score (nSPS) is 14.3. The van der Waals surface area contributed by atoms with Gasteiger partial charge >= 0.3 is 0 Å². The molecule has 42 heavy (non-hydrogen) atoms. The number of nitrogens with one attached hydrogen (secondary N) is 1. The van der Waals surface area contributed by atoms with Crippen LogP contribution in [0.3, 0.4) is 0 Å². The predicted octanol–water partition coefficient (Wildman–Crippen LogP) is 5.37. The van der Waals surface area contributed by atoms with E-state index in [0.29, 0.717) is 17.9 Å². The smallest absolute Gasteiger partial charge is 0.264 e. The molecule has 1 N–H and O–H groups in total. The number of hydrogen-bond acceptors (Lipinski definition) is 5. The van der Waals surface area contributed by atoms with Crippen molar-refractivity contribution in [1.29, 1.82) is 0 Å². The van der Waals surface area contributed by atoms with Gasteiger partial charge in [-0.2, -0.15) is 0 Å². The monoisotopic (exact) mass is 591 g/mol. The molecule has 0 spiro atoms. The molecule has 4 rings (SSSR count). The van der Waals surface area contributed by atoms with E-state index in [4.69, 9.17) is 4.74 Å². The number of methoxy groups -OCH3 is 1. The fourth-order valence-corrected chi connectivity index (χ4v) is 6.80. The molecule has 0 unspecified atom stereocenters. The Bertz CT molecular complexity index is 1480. The summed E-state index contributed by atoms with van der Waals surface area (Å²) < 4.78 is 34.6. The summed E-state index contributed by atoms with van der Waals surface area (Å²) in [6.07, 6.45) is 4.37. The molecule has 3 aromatic rings. The highest BCUT2D eigenvalue weighted by Crippen LogP contribution is 2.28. The molecule has 0 radical (unpaired) electrons. The van der Waals surface area contributed by atoms with Gasteiger partial charge in [-0.1, -0.05) is 67.8 Å². The largest absolute Gasteiger partial charge is 0.497 e. The first-order valence-corrected chi connectivity index (χ1v) is 16.0. The summed E-state index contributed by atoms with van der Waals surface area (Å²) in [6, 6.07) is 20.2. The van der Waals surface area contributed by atoms with Gasteiger partial charge in [0.15, 0.2) is 0 Å². The first-order chi connectivity index (χ1) is 20.1. The molecule has 8 nitrogen and oxygen atoms in total. The SMILES string of the molecule is CC[C@@H](C(=O)NC1CCCC1)N(Cc1ccccc1C)C(=O)CN(c1cccc(OC)c1)S(=O)(=O)c1ccc(C)cc1. The highest BCUT2D eigenvalue weighted by atomic mass is 32.2. The molecule has 1 aliphatic carbocycles. The Morgan fingerprint density at radius 3 is 2.31 bits per heavy atom. The molecule has 1 saturated carbocycles. The van der Waals surface area contributed by atoms with Crippen LogP contribution in [0.15, 0.2) is 77.7 Å². The molecule has 1 fully saturated rings. The molecule has 1 atom stereocenters. The van der Waals surface area contributed by atoms with E-state index in [9.17, 15) is 18.0 Å². The summed E-state index contributed by atoms with van der Waals surface area (Å²) in [6.45, 7) is 5.41. The number of benzene rings is 3. The number of rotatable bonds is 12. The zero-order valence-electron chi connectivity index (χ0n) is 24.9. The number of amides is 2. The van der Waals surface area contributed by atoms with Crippen molar-refractivity contribution in [1.82, 2.24) is 10.2 Å². The molecular formula is C33H41N3O5S. The highest BCUT2D eigenvalue weighted by Gasteiger charge is 2.34. The molecular weight excluding hydrogens is 550 g/mol. The van der Waals surface area contributed by atoms with E-state index in [1.165, 1.54) is 24.1 Å². The van der Waals surface area contributed by atoms with Crippen LogP contribution in [-0.2, 0) is 26.2 Å². The number of carbonyl (C=O) groups excluding carboxylic acids is 2. The van der Waals surface area contributed by atoms with Crippen LogP contribution in [0.5, 0.6) is 5.75 Å². The maximum Gasteiger partial charge on any atom is 0.264 e. The van der Waals surface area contributed by atoms with Gasteiger partial charge < -0.3 is 15.0 Å². The van der Waals surface area contributed by atoms with Crippen LogP contribution in [0.2, 0.25) is 0 Å². The summed E-state index contributed by atoms with van der Waals surface area (Å²) in [5, 5.41) is 3.15. The standard InChI is InChI=1S/C33H41N3O5S/c1-5-31(33(38)34-27-13-8-9-14-27)35(22-26-12-7-6-11-25(26)3)32(37)23-36(28-15-10-16-29(21-28)41-4)42(39,40)30-19-17-24(2)18-20-30/h6-7,10-12,15-21,27,31H,5,8-9,13-14,22-23H2,1-4H3,(H,34,38)/t31-/m0/s1. The quantitative estimate of drug-likeness (QED) is 0.305. The molecule has 0 aliphatic heterocycles. The van der Waals surface area contributed by atoms with Crippen molar-refractivity contribution < 1.29 is 22.7 Å². The Hall–Kier alpha value is -3.85. The molecule has 2 amide bonds. The Balaban J connectivity index is 1.74. The topological polar surface area (TPSA) is 96.0 Å². The van der Waals surface area contributed by atoms with Crippen molar-refractivity contribution in [2.45, 2.75) is 76.4 Å². The lowest BCUT2D eigenvalue weighted by Crippen LogP contribution is -2.53. The summed E-state index contributed by atoms with van der Waals surface area (Å²) in [4.78, 5) is 29.5. The van der Waals surface area contributed by atoms with Crippen molar-refractivity contribution in [2.24, 2.45) is 0 Å². The van der Waals surface area contributed by atoms with Gasteiger partial charge in [0, 0.05) is 18.7 Å². The Morgan fingerprint density at radius 2 is 1.67 bits per heavy atom. The lowest BCUT2D eigenvalue weighted by atomic mass is 10.1. The number of nitrogens with zero attached hydrogens (tertiary/aromatic N) is 2. The van der Waals surface area contributed by atoms with Gasteiger partial charge in [-0.15, -0.1) is 0 Å². The molecule has 0 aromatic heterocycles. The van der Waals surface area contributed by atoms with Crippen molar-refractivity contribution >= 4 is 27.5 Å². The minimum absolute atomic E-state index is 0.0696. The van der Waals surface area contributed by atoms with Crippen LogP contribution < -0.4 is 14.4 Å². The third-order valence-electron chi connectivity index (χ3n) is 7.92. The van der Waals surface area contributed by atoms with E-state index in [1.807, 2.05) is 45.0 Å². The molecule has 0 heterocycles. The average molecular weight is 592 g/mol. The summed E-state index contributed by atoms with van der Waals surface area (Å²) >= 11 is 0. The third-order valence-corrected chi connectivity index (χ3v) is 9.71. The van der Waals surface area contributed by atoms with Crippen molar-refractivity contribution in [3.05, 3.63) is 89.5 Å². The minimum atomic E-state index is -4.15. The van der Waals surface area contributed by atoms with Gasteiger partial charge in [-0.25, -0.2) is 8.42 Å². The van der Waals surface area contributed by atoms with Crippen molar-refractivity contribution in [3.63, 3.8) is 0 Å². The second-order valence-corrected chi connectivity index (χ2v) is 12.8. The van der Waals surface area contributed by atoms with Gasteiger partial charge in [-0.05, 0) is 68.5 Å². The Morgan fingerprint density at radius 1 is 0.976 bits per heavy atom. The van der Waals surface area contributed by atoms with Crippen LogP contribution in [-0.4, -0.2) is 50.9 Å². The van der Waals surface area contributed by atoms with E-state index >= 15 is 0 Å². The maximum atomic E-state index is 14.3. The molecule has 0 saturated heterocycles. The second-order valence-electron chi connectivity index (χ2n) is 10.9. The number of sulfonamides is 1. The fraction of sp³-hybridized carbons (Fsp3) is 0.394. The van der Waals surface area contributed by atoms with Gasteiger partial charge in [0.05, 0.1) is 17.7 Å². The van der Waals surface area contributed by atoms with E-state index in [2.05, 4.69) is 5.32 Å². The van der Waals surface area contributed by atoms with Gasteiger partial charge in [0.2, 0.25) is 11.8 Å². The third kappa shape index (κ3) is 7.31. The van der Waals surface area contributed by atoms with Crippen molar-refractivity contribution in [3.8, 4) is 5.75 Å². The fourth-order valence-electron chi connectivity index (χ4n) is 5.39. The molecule has 9 heteroatoms. The molecule has 1 aliphatic rings. The maximum absolute atomic E-state index is 14.3. The highest BCUT2D eigenvalue weighted by molar-refractivity contribution is 7.92. The number of carbonyl (C=O) groups is 2. The van der Waals surface area contributed by atoms with E-state index in [-0.39, 0.29) is 23.4 Å². The van der Waals surface area contributed by atoms with Gasteiger partial charge in [-0.3, -0.25) is 13.9 Å². The number of hydrogen-bond donors (Lipinski definition) is 1. The van der Waals surface area contributed by atoms with Crippen LogP contribution in [0.1, 0.15) is 55.7 Å². The number of ether oxygens (including phenoxy) is 1. The summed E-state index contributed by atoms with van der Waals surface area (Å²) in [7, 11) is -2.65. The number of anilines is 1. The summed E-state index contributed by atoms with van der Waals surface area (Å²) in [5.41, 5.74) is 3.09. The molecule has 3 aromatic carbocycles. The lowest BCUT2D eigenvalue weighted by Gasteiger charge is -2.34. The summed E-state index contributed by atoms with van der Waals surface area (Å²) in [5.74, 6) is -0.214. The van der Waals surface area contributed by atoms with E-state index < -0.39 is 28.5 Å². The van der Waals surface area contributed by atoms with E-state index in [0.717, 1.165) is 46.7 Å². The van der Waals surface area contributed by atoms with Crippen molar-refractivity contribution in [2.75, 3.05) is 18.0 Å². The first-order valence-electron chi connectivity index (χ1n) is 14.5. The zero-order chi connectivity index (χ0) is 30.3. The van der Waals surface area contributed by atoms with Crippen LogP contribution >= 0.6 is 0 Å². The average Bonchev–Trinajstić information content (AvgIpc) is 3.49. The Kier molecular flexibility index (Phi) is 10.3. The van der Waals surface area contributed by atoms with Crippen LogP contribution in [0, 0.1) is 13.8 Å². The van der Waals surface area contributed by atoms with E-state index in [1.54, 1.807) is 36.4 Å². The van der Waals surface area contributed by atoms with Crippen LogP contribution in [0.4, 0.5) is 5.69 Å². The van der Waals surface area contributed by atoms with Gasteiger partial charge in [0.25, 0.3) is 10.0 Å². The molecule has 224 valence electrons. The van der Waals surface area contributed by atoms with Crippen LogP contribution in [0.25, 0.3) is 0 Å². The minimum Gasteiger partial charge on any atom is -0.497 e. The number of aryl methyl sites for hydroxylation is 2.